The van der Waals surface area contributed by atoms with E-state index in [-0.39, 0.29) is 24.2 Å². The van der Waals surface area contributed by atoms with E-state index in [9.17, 15) is 9.59 Å². The molecular weight excluding hydrogens is 344 g/mol. The number of benzene rings is 2. The molecule has 27 heavy (non-hydrogen) atoms. The highest BCUT2D eigenvalue weighted by Crippen LogP contribution is 2.31. The van der Waals surface area contributed by atoms with E-state index >= 15 is 0 Å². The first kappa shape index (κ1) is 17.4. The minimum atomic E-state index is -0.337. The molecule has 2 aliphatic heterocycles. The lowest BCUT2D eigenvalue weighted by Gasteiger charge is -2.19. The maximum Gasteiger partial charge on any atom is 0.227 e. The third-order valence-corrected chi connectivity index (χ3v) is 4.91. The summed E-state index contributed by atoms with van der Waals surface area (Å²) in [4.78, 5) is 26.6. The van der Waals surface area contributed by atoms with Crippen molar-refractivity contribution < 1.29 is 19.1 Å². The molecule has 2 aromatic carbocycles. The Bertz CT molecular complexity index is 863. The SMILES string of the molecule is Cc1ccc(N2CC(C(=O)NCc3ccc4c(c3)OCCO4)CC2=O)cc1. The van der Waals surface area contributed by atoms with Crippen molar-refractivity contribution in [3.8, 4) is 11.5 Å². The van der Waals surface area contributed by atoms with Gasteiger partial charge in [0, 0.05) is 25.2 Å². The lowest BCUT2D eigenvalue weighted by atomic mass is 10.1. The molecule has 1 fully saturated rings. The van der Waals surface area contributed by atoms with Crippen LogP contribution in [0.25, 0.3) is 0 Å². The summed E-state index contributed by atoms with van der Waals surface area (Å²) in [5.74, 6) is 0.975. The molecule has 140 valence electrons. The van der Waals surface area contributed by atoms with Gasteiger partial charge in [-0.1, -0.05) is 23.8 Å². The van der Waals surface area contributed by atoms with Crippen LogP contribution < -0.4 is 19.7 Å². The first-order valence-electron chi connectivity index (χ1n) is 9.13. The van der Waals surface area contributed by atoms with E-state index in [1.807, 2.05) is 49.4 Å². The quantitative estimate of drug-likeness (QED) is 0.902. The maximum absolute atomic E-state index is 12.5. The van der Waals surface area contributed by atoms with E-state index in [4.69, 9.17) is 9.47 Å². The first-order chi connectivity index (χ1) is 13.1. The molecule has 6 heteroatoms. The van der Waals surface area contributed by atoms with Crippen molar-refractivity contribution in [1.82, 2.24) is 5.32 Å². The summed E-state index contributed by atoms with van der Waals surface area (Å²) < 4.78 is 11.1. The molecule has 1 N–H and O–H groups in total. The third kappa shape index (κ3) is 3.74. The summed E-state index contributed by atoms with van der Waals surface area (Å²) in [5.41, 5.74) is 2.92. The van der Waals surface area contributed by atoms with Crippen molar-refractivity contribution in [2.24, 2.45) is 5.92 Å². The fourth-order valence-electron chi connectivity index (χ4n) is 3.39. The van der Waals surface area contributed by atoms with Crippen molar-refractivity contribution in [3.05, 3.63) is 53.6 Å². The number of nitrogens with one attached hydrogen (secondary N) is 1. The highest BCUT2D eigenvalue weighted by atomic mass is 16.6. The smallest absolute Gasteiger partial charge is 0.227 e. The summed E-state index contributed by atoms with van der Waals surface area (Å²) in [6.07, 6.45) is 0.237. The molecule has 6 nitrogen and oxygen atoms in total. The minimum absolute atomic E-state index is 0.0154. The molecular formula is C21H22N2O4. The predicted octanol–water partition coefficient (Wildman–Crippen LogP) is 2.44. The van der Waals surface area contributed by atoms with Gasteiger partial charge in [0.1, 0.15) is 13.2 Å². The maximum atomic E-state index is 12.5. The highest BCUT2D eigenvalue weighted by molar-refractivity contribution is 6.00. The molecule has 2 aromatic rings. The third-order valence-electron chi connectivity index (χ3n) is 4.91. The van der Waals surface area contributed by atoms with Gasteiger partial charge in [0.05, 0.1) is 5.92 Å². The molecule has 0 saturated carbocycles. The number of rotatable bonds is 4. The van der Waals surface area contributed by atoms with E-state index in [2.05, 4.69) is 5.32 Å². The molecule has 0 bridgehead atoms. The van der Waals surface area contributed by atoms with Crippen LogP contribution in [0, 0.1) is 12.8 Å². The van der Waals surface area contributed by atoms with Gasteiger partial charge in [0.25, 0.3) is 0 Å². The molecule has 0 spiro atoms. The number of carbonyl (C=O) groups excluding carboxylic acids is 2. The lowest BCUT2D eigenvalue weighted by Crippen LogP contribution is -2.32. The molecule has 2 amide bonds. The zero-order chi connectivity index (χ0) is 18.8. The number of ether oxygens (including phenoxy) is 2. The zero-order valence-electron chi connectivity index (χ0n) is 15.2. The Labute approximate surface area is 158 Å². The highest BCUT2D eigenvalue weighted by Gasteiger charge is 2.34. The normalized spacial score (nSPS) is 18.5. The fraction of sp³-hybridized carbons (Fsp3) is 0.333. The average molecular weight is 366 g/mol. The molecule has 0 aromatic heterocycles. The first-order valence-corrected chi connectivity index (χ1v) is 9.13. The topological polar surface area (TPSA) is 67.9 Å². The molecule has 1 atom stereocenters. The molecule has 1 saturated heterocycles. The van der Waals surface area contributed by atoms with Gasteiger partial charge in [-0.05, 0) is 36.8 Å². The van der Waals surface area contributed by atoms with Crippen LogP contribution in [-0.2, 0) is 16.1 Å². The second-order valence-electron chi connectivity index (χ2n) is 6.94. The van der Waals surface area contributed by atoms with Crippen LogP contribution in [0.1, 0.15) is 17.5 Å². The molecule has 0 aliphatic carbocycles. The largest absolute Gasteiger partial charge is 0.486 e. The van der Waals surface area contributed by atoms with E-state index in [1.165, 1.54) is 0 Å². The van der Waals surface area contributed by atoms with Crippen LogP contribution in [0.3, 0.4) is 0 Å². The van der Waals surface area contributed by atoms with Crippen molar-refractivity contribution in [1.29, 1.82) is 0 Å². The Balaban J connectivity index is 1.36. The van der Waals surface area contributed by atoms with Gasteiger partial charge in [0.15, 0.2) is 11.5 Å². The van der Waals surface area contributed by atoms with Crippen LogP contribution in [0.15, 0.2) is 42.5 Å². The summed E-state index contributed by atoms with van der Waals surface area (Å²) in [6, 6.07) is 13.4. The van der Waals surface area contributed by atoms with Crippen LogP contribution >= 0.6 is 0 Å². The fourth-order valence-corrected chi connectivity index (χ4v) is 3.39. The molecule has 2 heterocycles. The Morgan fingerprint density at radius 3 is 2.63 bits per heavy atom. The summed E-state index contributed by atoms with van der Waals surface area (Å²) in [5, 5.41) is 2.94. The molecule has 1 unspecified atom stereocenters. The van der Waals surface area contributed by atoms with E-state index in [0.29, 0.717) is 32.1 Å². The van der Waals surface area contributed by atoms with Gasteiger partial charge >= 0.3 is 0 Å². The lowest BCUT2D eigenvalue weighted by molar-refractivity contribution is -0.126. The van der Waals surface area contributed by atoms with Crippen LogP contribution in [0.4, 0.5) is 5.69 Å². The van der Waals surface area contributed by atoms with Gasteiger partial charge in [-0.2, -0.15) is 0 Å². The summed E-state index contributed by atoms with van der Waals surface area (Å²) in [6.45, 7) is 3.89. The van der Waals surface area contributed by atoms with E-state index < -0.39 is 0 Å². The summed E-state index contributed by atoms with van der Waals surface area (Å²) in [7, 11) is 0. The zero-order valence-corrected chi connectivity index (χ0v) is 15.2. The standard InChI is InChI=1S/C21H22N2O4/c1-14-2-5-17(6-3-14)23-13-16(11-20(23)24)21(25)22-12-15-4-7-18-19(10-15)27-9-8-26-18/h2-7,10,16H,8-9,11-13H2,1H3,(H,22,25). The predicted molar refractivity (Wildman–Crippen MR) is 101 cm³/mol. The number of fused-ring (bicyclic) bond motifs is 1. The Hall–Kier alpha value is -3.02. The van der Waals surface area contributed by atoms with Gasteiger partial charge < -0.3 is 19.7 Å². The van der Waals surface area contributed by atoms with Crippen molar-refractivity contribution in [2.45, 2.75) is 19.9 Å². The number of hydrogen-bond donors (Lipinski definition) is 1. The van der Waals surface area contributed by atoms with E-state index in [0.717, 1.165) is 22.6 Å². The number of anilines is 1. The van der Waals surface area contributed by atoms with Crippen molar-refractivity contribution >= 4 is 17.5 Å². The summed E-state index contributed by atoms with van der Waals surface area (Å²) >= 11 is 0. The number of nitrogens with zero attached hydrogens (tertiary/aromatic N) is 1. The molecule has 4 rings (SSSR count). The molecule has 0 radical (unpaired) electrons. The van der Waals surface area contributed by atoms with E-state index in [1.54, 1.807) is 4.90 Å². The number of aryl methyl sites for hydroxylation is 1. The monoisotopic (exact) mass is 366 g/mol. The number of hydrogen-bond acceptors (Lipinski definition) is 4. The second-order valence-corrected chi connectivity index (χ2v) is 6.94. The second kappa shape index (κ2) is 7.31. The Morgan fingerprint density at radius 1 is 1.11 bits per heavy atom. The van der Waals surface area contributed by atoms with Crippen LogP contribution in [0.2, 0.25) is 0 Å². The van der Waals surface area contributed by atoms with Crippen molar-refractivity contribution in [3.63, 3.8) is 0 Å². The minimum Gasteiger partial charge on any atom is -0.486 e. The number of carbonyl (C=O) groups is 2. The Morgan fingerprint density at radius 2 is 1.85 bits per heavy atom. The number of amides is 2. The Kier molecular flexibility index (Phi) is 4.71. The van der Waals surface area contributed by atoms with Gasteiger partial charge in [-0.25, -0.2) is 0 Å². The van der Waals surface area contributed by atoms with Gasteiger partial charge in [0.2, 0.25) is 11.8 Å². The molecule has 2 aliphatic rings. The van der Waals surface area contributed by atoms with Crippen LogP contribution in [0.5, 0.6) is 11.5 Å². The van der Waals surface area contributed by atoms with Crippen molar-refractivity contribution in [2.75, 3.05) is 24.7 Å². The van der Waals surface area contributed by atoms with Crippen LogP contribution in [-0.4, -0.2) is 31.6 Å². The average Bonchev–Trinajstić information content (AvgIpc) is 3.08. The van der Waals surface area contributed by atoms with Gasteiger partial charge in [-0.15, -0.1) is 0 Å². The van der Waals surface area contributed by atoms with Gasteiger partial charge in [-0.3, -0.25) is 9.59 Å².